The molecule has 0 radical (unpaired) electrons. The van der Waals surface area contributed by atoms with Crippen LogP contribution in [0.15, 0.2) is 53.0 Å². The van der Waals surface area contributed by atoms with E-state index in [0.29, 0.717) is 5.69 Å². The van der Waals surface area contributed by atoms with Gasteiger partial charge in [0.05, 0.1) is 51.1 Å². The third kappa shape index (κ3) is 3.52. The fourth-order valence-electron chi connectivity index (χ4n) is 4.11. The Kier molecular flexibility index (Phi) is 5.37. The van der Waals surface area contributed by atoms with E-state index in [1.54, 1.807) is 13.2 Å². The molecule has 1 N–H and O–H groups in total. The van der Waals surface area contributed by atoms with Gasteiger partial charge in [0.1, 0.15) is 5.75 Å². The molecular formula is C21H23BrN3O3+. The van der Waals surface area contributed by atoms with E-state index in [1.165, 1.54) is 9.80 Å². The van der Waals surface area contributed by atoms with E-state index in [0.717, 1.165) is 42.1 Å². The molecule has 0 unspecified atom stereocenters. The van der Waals surface area contributed by atoms with Gasteiger partial charge in [-0.15, -0.1) is 0 Å². The molecular weight excluding hydrogens is 422 g/mol. The molecule has 1 atom stereocenters. The molecule has 2 aliphatic rings. The Balaban J connectivity index is 1.45. The number of nitrogens with zero attached hydrogens (tertiary/aromatic N) is 2. The van der Waals surface area contributed by atoms with Gasteiger partial charge < -0.3 is 14.5 Å². The second kappa shape index (κ2) is 7.93. The number of ether oxygens (including phenoxy) is 1. The van der Waals surface area contributed by atoms with Gasteiger partial charge >= 0.3 is 0 Å². The average molecular weight is 445 g/mol. The van der Waals surface area contributed by atoms with Crippen LogP contribution in [0.5, 0.6) is 5.75 Å². The van der Waals surface area contributed by atoms with Crippen molar-refractivity contribution in [2.45, 2.75) is 12.5 Å². The van der Waals surface area contributed by atoms with Crippen LogP contribution in [-0.4, -0.2) is 51.1 Å². The van der Waals surface area contributed by atoms with Crippen molar-refractivity contribution in [1.82, 2.24) is 0 Å². The van der Waals surface area contributed by atoms with Crippen LogP contribution in [0.4, 0.5) is 11.4 Å². The number of anilines is 2. The van der Waals surface area contributed by atoms with Crippen molar-refractivity contribution in [3.05, 3.63) is 53.0 Å². The van der Waals surface area contributed by atoms with Crippen molar-refractivity contribution in [2.75, 3.05) is 43.1 Å². The van der Waals surface area contributed by atoms with Gasteiger partial charge in [-0.3, -0.25) is 9.59 Å². The smallest absolute Gasteiger partial charge is 0.292 e. The molecule has 146 valence electrons. The van der Waals surface area contributed by atoms with Crippen molar-refractivity contribution in [3.63, 3.8) is 0 Å². The van der Waals surface area contributed by atoms with E-state index < -0.39 is 0 Å². The number of para-hydroxylation sites is 2. The van der Waals surface area contributed by atoms with Crippen LogP contribution in [0.1, 0.15) is 6.42 Å². The first-order valence-corrected chi connectivity index (χ1v) is 10.2. The van der Waals surface area contributed by atoms with E-state index >= 15 is 0 Å². The van der Waals surface area contributed by atoms with Crippen LogP contribution in [0, 0.1) is 0 Å². The number of hydrogen-bond donors (Lipinski definition) is 1. The van der Waals surface area contributed by atoms with Gasteiger partial charge in [0.25, 0.3) is 5.91 Å². The summed E-state index contributed by atoms with van der Waals surface area (Å²) in [5.74, 6) is 0.649. The molecule has 7 heteroatoms. The molecule has 0 saturated carbocycles. The highest BCUT2D eigenvalue weighted by Crippen LogP contribution is 2.28. The molecule has 2 amide bonds. The van der Waals surface area contributed by atoms with Gasteiger partial charge in [-0.2, -0.15) is 0 Å². The number of amides is 2. The average Bonchev–Trinajstić information content (AvgIpc) is 3.02. The maximum absolute atomic E-state index is 13.0. The summed E-state index contributed by atoms with van der Waals surface area (Å²) < 4.78 is 6.32. The number of imide groups is 1. The number of methoxy groups -OCH3 is 1. The number of nitrogens with one attached hydrogen (secondary N) is 1. The molecule has 0 spiro atoms. The Hall–Kier alpha value is -2.38. The van der Waals surface area contributed by atoms with Crippen LogP contribution < -0.4 is 19.4 Å². The van der Waals surface area contributed by atoms with Gasteiger partial charge in [-0.1, -0.05) is 34.1 Å². The molecule has 2 aliphatic heterocycles. The molecule has 28 heavy (non-hydrogen) atoms. The number of halogens is 1. The summed E-state index contributed by atoms with van der Waals surface area (Å²) in [7, 11) is 1.68. The molecule has 6 nitrogen and oxygen atoms in total. The number of carbonyl (C=O) groups excluding carboxylic acids is 2. The zero-order valence-electron chi connectivity index (χ0n) is 15.7. The van der Waals surface area contributed by atoms with E-state index in [1.807, 2.05) is 36.4 Å². The maximum Gasteiger partial charge on any atom is 0.292 e. The third-order valence-corrected chi connectivity index (χ3v) is 6.03. The lowest BCUT2D eigenvalue weighted by atomic mass is 10.1. The molecule has 0 aliphatic carbocycles. The van der Waals surface area contributed by atoms with E-state index in [2.05, 4.69) is 26.9 Å². The van der Waals surface area contributed by atoms with E-state index in [-0.39, 0.29) is 24.3 Å². The minimum Gasteiger partial charge on any atom is -0.495 e. The molecule has 2 fully saturated rings. The Labute approximate surface area is 172 Å². The summed E-state index contributed by atoms with van der Waals surface area (Å²) >= 11 is 3.41. The van der Waals surface area contributed by atoms with Crippen LogP contribution >= 0.6 is 15.9 Å². The number of piperazine rings is 1. The number of rotatable bonds is 4. The zero-order valence-corrected chi connectivity index (χ0v) is 17.3. The SMILES string of the molecule is COc1ccccc1N1CC[NH+]([C@H]2CC(=O)N(c3cccc(Br)c3)C2=O)CC1. The molecule has 0 bridgehead atoms. The molecule has 2 aromatic carbocycles. The summed E-state index contributed by atoms with van der Waals surface area (Å²) in [4.78, 5) is 30.4. The van der Waals surface area contributed by atoms with E-state index in [9.17, 15) is 9.59 Å². The number of quaternary nitrogens is 1. The van der Waals surface area contributed by atoms with Gasteiger partial charge in [0.2, 0.25) is 5.91 Å². The summed E-state index contributed by atoms with van der Waals surface area (Å²) in [6.45, 7) is 3.28. The largest absolute Gasteiger partial charge is 0.495 e. The van der Waals surface area contributed by atoms with Crippen LogP contribution in [0.3, 0.4) is 0 Å². The van der Waals surface area contributed by atoms with Crippen molar-refractivity contribution in [1.29, 1.82) is 0 Å². The minimum atomic E-state index is -0.300. The highest BCUT2D eigenvalue weighted by molar-refractivity contribution is 9.10. The van der Waals surface area contributed by atoms with Crippen molar-refractivity contribution in [3.8, 4) is 5.75 Å². The van der Waals surface area contributed by atoms with Crippen molar-refractivity contribution >= 4 is 39.1 Å². The normalized spacial score (nSPS) is 20.7. The molecule has 2 saturated heterocycles. The van der Waals surface area contributed by atoms with Gasteiger partial charge in [0.15, 0.2) is 6.04 Å². The lowest BCUT2D eigenvalue weighted by molar-refractivity contribution is -0.915. The molecule has 2 aromatic rings. The Morgan fingerprint density at radius 1 is 1.07 bits per heavy atom. The number of carbonyl (C=O) groups is 2. The van der Waals surface area contributed by atoms with E-state index in [4.69, 9.17) is 4.74 Å². The highest BCUT2D eigenvalue weighted by Gasteiger charge is 2.46. The highest BCUT2D eigenvalue weighted by atomic mass is 79.9. The van der Waals surface area contributed by atoms with Crippen LogP contribution in [-0.2, 0) is 9.59 Å². The molecule has 2 heterocycles. The third-order valence-electron chi connectivity index (χ3n) is 5.54. The quantitative estimate of drug-likeness (QED) is 0.725. The van der Waals surface area contributed by atoms with Gasteiger partial charge in [-0.05, 0) is 30.3 Å². The summed E-state index contributed by atoms with van der Waals surface area (Å²) in [6.07, 6.45) is 0.273. The first kappa shape index (κ1) is 19.0. The fourth-order valence-corrected chi connectivity index (χ4v) is 4.50. The molecule has 4 rings (SSSR count). The lowest BCUT2D eigenvalue weighted by Gasteiger charge is -2.36. The predicted molar refractivity (Wildman–Crippen MR) is 111 cm³/mol. The van der Waals surface area contributed by atoms with Gasteiger partial charge in [0, 0.05) is 4.47 Å². The summed E-state index contributed by atoms with van der Waals surface area (Å²) in [6, 6.07) is 15.0. The first-order chi connectivity index (χ1) is 13.6. The summed E-state index contributed by atoms with van der Waals surface area (Å²) in [5.41, 5.74) is 1.72. The Morgan fingerprint density at radius 3 is 2.54 bits per heavy atom. The van der Waals surface area contributed by atoms with Crippen molar-refractivity contribution in [2.24, 2.45) is 0 Å². The first-order valence-electron chi connectivity index (χ1n) is 9.43. The topological polar surface area (TPSA) is 54.3 Å². The predicted octanol–water partition coefficient (Wildman–Crippen LogP) is 1.49. The monoisotopic (exact) mass is 444 g/mol. The fraction of sp³-hybridized carbons (Fsp3) is 0.333. The summed E-state index contributed by atoms with van der Waals surface area (Å²) in [5, 5.41) is 0. The zero-order chi connectivity index (χ0) is 19.7. The standard InChI is InChI=1S/C21H22BrN3O3/c1-28-19-8-3-2-7-17(19)23-9-11-24(12-10-23)18-14-20(26)25(21(18)27)16-6-4-5-15(22)13-16/h2-8,13,18H,9-12,14H2,1H3/p+1/t18-/m0/s1. The number of benzene rings is 2. The molecule has 0 aromatic heterocycles. The van der Waals surface area contributed by atoms with Crippen molar-refractivity contribution < 1.29 is 19.2 Å². The Morgan fingerprint density at radius 2 is 1.82 bits per heavy atom. The second-order valence-electron chi connectivity index (χ2n) is 7.12. The number of hydrogen-bond acceptors (Lipinski definition) is 4. The minimum absolute atomic E-state index is 0.0937. The van der Waals surface area contributed by atoms with Crippen LogP contribution in [0.25, 0.3) is 0 Å². The Bertz CT molecular complexity index is 896. The maximum atomic E-state index is 13.0. The van der Waals surface area contributed by atoms with Gasteiger partial charge in [-0.25, -0.2) is 4.90 Å². The lowest BCUT2D eigenvalue weighted by Crippen LogP contribution is -3.19. The second-order valence-corrected chi connectivity index (χ2v) is 8.04. The van der Waals surface area contributed by atoms with Crippen LogP contribution in [0.2, 0.25) is 0 Å².